The summed E-state index contributed by atoms with van der Waals surface area (Å²) in [6.45, 7) is 0.483. The summed E-state index contributed by atoms with van der Waals surface area (Å²) in [6, 6.07) is 16.5. The minimum absolute atomic E-state index is 0.0382. The molecule has 19 nitrogen and oxygen atoms in total. The number of fused-ring (bicyclic) bond motifs is 1. The quantitative estimate of drug-likeness (QED) is 0.0372. The summed E-state index contributed by atoms with van der Waals surface area (Å²) in [7, 11) is 1.53. The Bertz CT molecular complexity index is 1840. The van der Waals surface area contributed by atoms with Crippen LogP contribution in [0.3, 0.4) is 0 Å². The third-order valence-electron chi connectivity index (χ3n) is 8.23. The van der Waals surface area contributed by atoms with Crippen molar-refractivity contribution < 1.29 is 28.7 Å². The van der Waals surface area contributed by atoms with Gasteiger partial charge in [-0.1, -0.05) is 54.6 Å². The molecule has 0 saturated carbocycles. The zero-order valence-electron chi connectivity index (χ0n) is 31.4. The van der Waals surface area contributed by atoms with Crippen molar-refractivity contribution >= 4 is 58.2 Å². The molecule has 0 aliphatic rings. The molecule has 0 aliphatic carbocycles. The molecule has 302 valence electrons. The number of nitrogens with zero attached hydrogens (tertiary/aromatic N) is 3. The van der Waals surface area contributed by atoms with Crippen LogP contribution in [0.15, 0.2) is 81.7 Å². The van der Waals surface area contributed by atoms with E-state index in [0.29, 0.717) is 24.3 Å². The van der Waals surface area contributed by atoms with E-state index in [1.165, 1.54) is 7.11 Å². The van der Waals surface area contributed by atoms with Crippen LogP contribution in [-0.2, 0) is 25.7 Å². The highest BCUT2D eigenvalue weighted by atomic mass is 16.5. The molecule has 3 aromatic rings. The first-order chi connectivity index (χ1) is 26.9. The van der Waals surface area contributed by atoms with Gasteiger partial charge in [-0.05, 0) is 55.5 Å². The molecule has 19 heteroatoms. The molecule has 4 amide bonds. The van der Waals surface area contributed by atoms with E-state index >= 15 is 0 Å². The molecule has 56 heavy (non-hydrogen) atoms. The van der Waals surface area contributed by atoms with Gasteiger partial charge in [-0.2, -0.15) is 0 Å². The SMILES string of the molecule is COc1cc(NC(=O)C(CCCN=C(N)N)NC(=O)C(CCCN=C(N)N)NC(=O)C(CCCN=C(N)N)NC(=O)OCc2ccccc2)cc2ccccc12. The number of rotatable bonds is 22. The molecule has 3 rings (SSSR count). The number of nitrogens with one attached hydrogen (secondary N) is 4. The molecule has 0 aliphatic heterocycles. The maximum atomic E-state index is 14.0. The van der Waals surface area contributed by atoms with Crippen LogP contribution in [0.1, 0.15) is 44.1 Å². The third-order valence-corrected chi connectivity index (χ3v) is 8.23. The number of anilines is 1. The Kier molecular flexibility index (Phi) is 18.0. The van der Waals surface area contributed by atoms with Crippen molar-refractivity contribution in [3.05, 3.63) is 72.3 Å². The van der Waals surface area contributed by atoms with Gasteiger partial charge in [0, 0.05) is 36.8 Å². The highest BCUT2D eigenvalue weighted by molar-refractivity contribution is 6.01. The van der Waals surface area contributed by atoms with Gasteiger partial charge < -0.3 is 65.1 Å². The topological polar surface area (TPSA) is 328 Å². The number of nitrogens with two attached hydrogens (primary N) is 6. The predicted molar refractivity (Wildman–Crippen MR) is 216 cm³/mol. The molecule has 0 aromatic heterocycles. The summed E-state index contributed by atoms with van der Waals surface area (Å²) in [5.74, 6) is -1.75. The Hall–Kier alpha value is -6.79. The van der Waals surface area contributed by atoms with Gasteiger partial charge in [-0.25, -0.2) is 4.79 Å². The fraction of sp³-hybridized carbons (Fsp3) is 0.378. The van der Waals surface area contributed by atoms with Crippen molar-refractivity contribution in [2.45, 2.75) is 63.3 Å². The number of hydrogen-bond acceptors (Lipinski definition) is 9. The average Bonchev–Trinajstić information content (AvgIpc) is 3.17. The van der Waals surface area contributed by atoms with E-state index in [0.717, 1.165) is 16.3 Å². The molecular formula is C37H53N13O6. The summed E-state index contributed by atoms with van der Waals surface area (Å²) < 4.78 is 10.9. The van der Waals surface area contributed by atoms with Crippen molar-refractivity contribution in [1.29, 1.82) is 0 Å². The summed E-state index contributed by atoms with van der Waals surface area (Å²) in [4.78, 5) is 66.3. The van der Waals surface area contributed by atoms with Gasteiger partial charge in [-0.15, -0.1) is 0 Å². The lowest BCUT2D eigenvalue weighted by Crippen LogP contribution is -2.56. The van der Waals surface area contributed by atoms with E-state index < -0.39 is 41.9 Å². The highest BCUT2D eigenvalue weighted by Crippen LogP contribution is 2.30. The lowest BCUT2D eigenvalue weighted by Gasteiger charge is -2.25. The van der Waals surface area contributed by atoms with E-state index in [9.17, 15) is 19.2 Å². The van der Waals surface area contributed by atoms with Gasteiger partial charge in [0.05, 0.1) is 7.11 Å². The second-order valence-electron chi connectivity index (χ2n) is 12.6. The van der Waals surface area contributed by atoms with Gasteiger partial charge in [0.2, 0.25) is 17.7 Å². The molecule has 0 bridgehead atoms. The number of benzene rings is 3. The first-order valence-electron chi connectivity index (χ1n) is 18.0. The minimum Gasteiger partial charge on any atom is -0.496 e. The number of carbonyl (C=O) groups is 4. The zero-order valence-corrected chi connectivity index (χ0v) is 31.4. The van der Waals surface area contributed by atoms with Gasteiger partial charge in [0.1, 0.15) is 30.5 Å². The van der Waals surface area contributed by atoms with Gasteiger partial charge >= 0.3 is 6.09 Å². The Labute approximate surface area is 325 Å². The Balaban J connectivity index is 1.84. The van der Waals surface area contributed by atoms with Gasteiger partial charge in [0.15, 0.2) is 17.9 Å². The Morgan fingerprint density at radius 1 is 0.625 bits per heavy atom. The van der Waals surface area contributed by atoms with E-state index in [1.54, 1.807) is 36.4 Å². The fourth-order valence-electron chi connectivity index (χ4n) is 5.51. The molecule has 3 atom stereocenters. The second-order valence-corrected chi connectivity index (χ2v) is 12.6. The normalized spacial score (nSPS) is 12.2. The number of aliphatic imine (C=N–C) groups is 3. The number of alkyl carbamates (subject to hydrolysis) is 1. The van der Waals surface area contributed by atoms with Crippen LogP contribution in [0, 0.1) is 0 Å². The van der Waals surface area contributed by atoms with Gasteiger partial charge in [0.25, 0.3) is 0 Å². The molecule has 0 saturated heterocycles. The Morgan fingerprint density at radius 3 is 1.62 bits per heavy atom. The lowest BCUT2D eigenvalue weighted by molar-refractivity contribution is -0.132. The smallest absolute Gasteiger partial charge is 0.408 e. The summed E-state index contributed by atoms with van der Waals surface area (Å²) in [5, 5.41) is 12.6. The Morgan fingerprint density at radius 2 is 1.11 bits per heavy atom. The van der Waals surface area contributed by atoms with Crippen LogP contribution in [0.2, 0.25) is 0 Å². The average molecular weight is 776 g/mol. The summed E-state index contributed by atoms with van der Waals surface area (Å²) in [6.07, 6.45) is 0.340. The predicted octanol–water partition coefficient (Wildman–Crippen LogP) is 0.212. The van der Waals surface area contributed by atoms with Crippen LogP contribution in [0.5, 0.6) is 5.75 Å². The van der Waals surface area contributed by atoms with Crippen molar-refractivity contribution in [3.8, 4) is 5.75 Å². The van der Waals surface area contributed by atoms with Crippen molar-refractivity contribution in [1.82, 2.24) is 16.0 Å². The zero-order chi connectivity index (χ0) is 40.9. The number of methoxy groups -OCH3 is 1. The van der Waals surface area contributed by atoms with Crippen molar-refractivity contribution in [2.24, 2.45) is 49.4 Å². The van der Waals surface area contributed by atoms with Crippen LogP contribution >= 0.6 is 0 Å². The molecule has 3 unspecified atom stereocenters. The van der Waals surface area contributed by atoms with Crippen LogP contribution in [0.4, 0.5) is 10.5 Å². The molecule has 3 aromatic carbocycles. The van der Waals surface area contributed by atoms with Crippen molar-refractivity contribution in [2.75, 3.05) is 32.1 Å². The van der Waals surface area contributed by atoms with Crippen LogP contribution < -0.4 is 60.4 Å². The van der Waals surface area contributed by atoms with Crippen molar-refractivity contribution in [3.63, 3.8) is 0 Å². The third kappa shape index (κ3) is 15.7. The molecule has 0 heterocycles. The van der Waals surface area contributed by atoms with E-state index in [2.05, 4.69) is 36.2 Å². The summed E-state index contributed by atoms with van der Waals surface area (Å²) >= 11 is 0. The minimum atomic E-state index is -1.19. The number of guanidine groups is 3. The van der Waals surface area contributed by atoms with E-state index in [4.69, 9.17) is 43.9 Å². The molecule has 0 radical (unpaired) electrons. The monoisotopic (exact) mass is 775 g/mol. The first-order valence-corrected chi connectivity index (χ1v) is 18.0. The molecule has 16 N–H and O–H groups in total. The lowest BCUT2D eigenvalue weighted by atomic mass is 10.1. The molecule has 0 spiro atoms. The number of carbonyl (C=O) groups excluding carboxylic acids is 4. The van der Waals surface area contributed by atoms with Crippen LogP contribution in [-0.4, -0.2) is 86.6 Å². The maximum Gasteiger partial charge on any atom is 0.408 e. The highest BCUT2D eigenvalue weighted by Gasteiger charge is 2.30. The summed E-state index contributed by atoms with van der Waals surface area (Å²) in [5.41, 5.74) is 34.0. The van der Waals surface area contributed by atoms with E-state index in [1.807, 2.05) is 30.3 Å². The number of amides is 4. The standard InChI is InChI=1S/C37H53N13O6/c1-55-30-21-25(20-24-12-5-6-13-26(24)30)47-31(51)27(14-7-17-44-34(38)39)48-32(52)28(15-8-18-45-35(40)41)49-33(53)29(16-9-19-46-36(42)43)50-37(54)56-22-23-10-3-2-4-11-23/h2-6,10-13,20-21,27-29H,7-9,14-19,22H2,1H3,(H,47,51)(H,48,52)(H,49,53)(H,50,54)(H4,38,39,44)(H4,40,41,45)(H4,42,43,46). The molecule has 0 fully saturated rings. The maximum absolute atomic E-state index is 14.0. The largest absolute Gasteiger partial charge is 0.496 e. The number of hydrogen-bond donors (Lipinski definition) is 10. The first kappa shape index (κ1) is 43.6. The number of ether oxygens (including phenoxy) is 2. The van der Waals surface area contributed by atoms with E-state index in [-0.39, 0.29) is 69.8 Å². The van der Waals surface area contributed by atoms with Gasteiger partial charge in [-0.3, -0.25) is 29.4 Å². The second kappa shape index (κ2) is 23.1. The molecular weight excluding hydrogens is 722 g/mol. The van der Waals surface area contributed by atoms with Crippen LogP contribution in [0.25, 0.3) is 10.8 Å². The fourth-order valence-corrected chi connectivity index (χ4v) is 5.51.